The molecule has 1 saturated carbocycles. The number of carbonyl (C=O) groups excluding carboxylic acids is 1. The van der Waals surface area contributed by atoms with Crippen molar-refractivity contribution >= 4 is 5.97 Å². The molecule has 0 amide bonds. The number of esters is 1. The average molecular weight is 256 g/mol. The highest BCUT2D eigenvalue weighted by atomic mass is 16.5. The predicted octanol–water partition coefficient (Wildman–Crippen LogP) is 1.65. The van der Waals surface area contributed by atoms with E-state index in [1.807, 2.05) is 14.1 Å². The van der Waals surface area contributed by atoms with Crippen molar-refractivity contribution in [1.29, 1.82) is 0 Å². The first kappa shape index (κ1) is 15.4. The van der Waals surface area contributed by atoms with Gasteiger partial charge >= 0.3 is 5.97 Å². The Balaban J connectivity index is 2.65. The van der Waals surface area contributed by atoms with Crippen LogP contribution in [0.15, 0.2) is 0 Å². The fourth-order valence-corrected chi connectivity index (χ4v) is 2.68. The Morgan fingerprint density at radius 2 is 2.11 bits per heavy atom. The summed E-state index contributed by atoms with van der Waals surface area (Å²) in [7, 11) is 5.58. The van der Waals surface area contributed by atoms with Gasteiger partial charge in [-0.05, 0) is 39.3 Å². The Bertz CT molecular complexity index is 269. The molecule has 1 fully saturated rings. The Morgan fingerprint density at radius 3 is 2.72 bits per heavy atom. The minimum absolute atomic E-state index is 0.0876. The molecule has 2 unspecified atom stereocenters. The molecule has 0 saturated heterocycles. The van der Waals surface area contributed by atoms with Gasteiger partial charge in [-0.25, -0.2) is 0 Å². The maximum atomic E-state index is 12.1. The number of methoxy groups -OCH3 is 1. The van der Waals surface area contributed by atoms with Gasteiger partial charge in [0.15, 0.2) is 0 Å². The number of hydrogen-bond acceptors (Lipinski definition) is 4. The van der Waals surface area contributed by atoms with Crippen molar-refractivity contribution in [2.24, 2.45) is 5.92 Å². The SMILES string of the molecule is COC(=O)C1(NCCN(C)C)CCCC(C)CC1. The highest BCUT2D eigenvalue weighted by Crippen LogP contribution is 2.31. The zero-order valence-electron chi connectivity index (χ0n) is 12.3. The van der Waals surface area contributed by atoms with Crippen molar-refractivity contribution in [3.05, 3.63) is 0 Å². The van der Waals surface area contributed by atoms with E-state index in [1.165, 1.54) is 13.5 Å². The van der Waals surface area contributed by atoms with E-state index in [1.54, 1.807) is 0 Å². The van der Waals surface area contributed by atoms with Gasteiger partial charge in [0, 0.05) is 13.1 Å². The molecule has 0 heterocycles. The van der Waals surface area contributed by atoms with Crippen LogP contribution >= 0.6 is 0 Å². The third kappa shape index (κ3) is 4.25. The summed E-state index contributed by atoms with van der Waals surface area (Å²) in [4.78, 5) is 14.2. The predicted molar refractivity (Wildman–Crippen MR) is 73.6 cm³/mol. The van der Waals surface area contributed by atoms with Gasteiger partial charge in [-0.2, -0.15) is 0 Å². The number of carbonyl (C=O) groups is 1. The van der Waals surface area contributed by atoms with Gasteiger partial charge in [-0.1, -0.05) is 19.8 Å². The van der Waals surface area contributed by atoms with E-state index in [9.17, 15) is 4.79 Å². The second-order valence-electron chi connectivity index (χ2n) is 5.84. The smallest absolute Gasteiger partial charge is 0.326 e. The Kier molecular flexibility index (Phi) is 6.09. The summed E-state index contributed by atoms with van der Waals surface area (Å²) in [5, 5.41) is 3.46. The number of nitrogens with one attached hydrogen (secondary N) is 1. The highest BCUT2D eigenvalue weighted by molar-refractivity contribution is 5.80. The largest absolute Gasteiger partial charge is 0.468 e. The van der Waals surface area contributed by atoms with E-state index >= 15 is 0 Å². The van der Waals surface area contributed by atoms with Crippen LogP contribution in [0.4, 0.5) is 0 Å². The topological polar surface area (TPSA) is 41.6 Å². The first-order valence-corrected chi connectivity index (χ1v) is 6.98. The Hall–Kier alpha value is -0.610. The van der Waals surface area contributed by atoms with Gasteiger partial charge in [-0.3, -0.25) is 4.79 Å². The van der Waals surface area contributed by atoms with E-state index in [2.05, 4.69) is 17.1 Å². The highest BCUT2D eigenvalue weighted by Gasteiger charge is 2.39. The maximum absolute atomic E-state index is 12.1. The number of nitrogens with zero attached hydrogens (tertiary/aromatic N) is 1. The lowest BCUT2D eigenvalue weighted by molar-refractivity contribution is -0.149. The molecule has 0 aromatic heterocycles. The van der Waals surface area contributed by atoms with Crippen LogP contribution in [0.1, 0.15) is 39.0 Å². The number of rotatable bonds is 5. The van der Waals surface area contributed by atoms with Crippen LogP contribution in [0.3, 0.4) is 0 Å². The summed E-state index contributed by atoms with van der Waals surface area (Å²) in [5.41, 5.74) is -0.449. The summed E-state index contributed by atoms with van der Waals surface area (Å²) < 4.78 is 5.03. The minimum Gasteiger partial charge on any atom is -0.468 e. The molecule has 1 aliphatic carbocycles. The number of hydrogen-bond donors (Lipinski definition) is 1. The summed E-state index contributed by atoms with van der Waals surface area (Å²) in [6, 6.07) is 0. The molecule has 4 heteroatoms. The molecule has 106 valence electrons. The standard InChI is InChI=1S/C14H28N2O2/c1-12-6-5-8-14(9-7-12,13(17)18-4)15-10-11-16(2)3/h12,15H,5-11H2,1-4H3. The molecule has 0 radical (unpaired) electrons. The Labute approximate surface area is 111 Å². The molecule has 0 spiro atoms. The van der Waals surface area contributed by atoms with Gasteiger partial charge in [0.25, 0.3) is 0 Å². The van der Waals surface area contributed by atoms with Gasteiger partial charge in [0.05, 0.1) is 7.11 Å². The second-order valence-corrected chi connectivity index (χ2v) is 5.84. The molecule has 1 N–H and O–H groups in total. The molecule has 2 atom stereocenters. The lowest BCUT2D eigenvalue weighted by Gasteiger charge is -2.31. The fraction of sp³-hybridized carbons (Fsp3) is 0.929. The van der Waals surface area contributed by atoms with Crippen molar-refractivity contribution in [1.82, 2.24) is 10.2 Å². The van der Waals surface area contributed by atoms with E-state index in [-0.39, 0.29) is 5.97 Å². The van der Waals surface area contributed by atoms with Gasteiger partial charge in [-0.15, -0.1) is 0 Å². The van der Waals surface area contributed by atoms with Crippen molar-refractivity contribution in [2.45, 2.75) is 44.6 Å². The van der Waals surface area contributed by atoms with Crippen LogP contribution in [0, 0.1) is 5.92 Å². The zero-order chi connectivity index (χ0) is 13.6. The van der Waals surface area contributed by atoms with Crippen molar-refractivity contribution in [2.75, 3.05) is 34.3 Å². The molecule has 4 nitrogen and oxygen atoms in total. The lowest BCUT2D eigenvalue weighted by Crippen LogP contribution is -2.54. The van der Waals surface area contributed by atoms with Crippen molar-refractivity contribution in [3.8, 4) is 0 Å². The van der Waals surface area contributed by atoms with Crippen LogP contribution in [0.5, 0.6) is 0 Å². The third-order valence-electron chi connectivity index (χ3n) is 3.96. The minimum atomic E-state index is -0.449. The zero-order valence-corrected chi connectivity index (χ0v) is 12.3. The molecule has 1 rings (SSSR count). The summed E-state index contributed by atoms with van der Waals surface area (Å²) in [6.45, 7) is 4.04. The van der Waals surface area contributed by atoms with Crippen molar-refractivity contribution < 1.29 is 9.53 Å². The summed E-state index contributed by atoms with van der Waals surface area (Å²) in [5.74, 6) is 0.627. The summed E-state index contributed by atoms with van der Waals surface area (Å²) >= 11 is 0. The van der Waals surface area contributed by atoms with Crippen molar-refractivity contribution in [3.63, 3.8) is 0 Å². The second kappa shape index (κ2) is 7.10. The molecular weight excluding hydrogens is 228 g/mol. The molecular formula is C14H28N2O2. The first-order chi connectivity index (χ1) is 8.50. The van der Waals surface area contributed by atoms with Crippen LogP contribution in [-0.4, -0.2) is 50.7 Å². The molecule has 1 aliphatic rings. The van der Waals surface area contributed by atoms with Crippen LogP contribution in [0.25, 0.3) is 0 Å². The molecule has 0 aromatic carbocycles. The number of ether oxygens (including phenoxy) is 1. The van der Waals surface area contributed by atoms with E-state index in [0.717, 1.165) is 38.8 Å². The van der Waals surface area contributed by atoms with E-state index < -0.39 is 5.54 Å². The average Bonchev–Trinajstić information content (AvgIpc) is 2.51. The van der Waals surface area contributed by atoms with Gasteiger partial charge < -0.3 is 15.0 Å². The van der Waals surface area contributed by atoms with Crippen LogP contribution in [-0.2, 0) is 9.53 Å². The quantitative estimate of drug-likeness (QED) is 0.600. The van der Waals surface area contributed by atoms with E-state index in [4.69, 9.17) is 4.74 Å². The maximum Gasteiger partial charge on any atom is 0.326 e. The normalized spacial score (nSPS) is 29.1. The fourth-order valence-electron chi connectivity index (χ4n) is 2.68. The lowest BCUT2D eigenvalue weighted by atomic mass is 9.89. The molecule has 0 bridgehead atoms. The van der Waals surface area contributed by atoms with Gasteiger partial charge in [0.1, 0.15) is 5.54 Å². The van der Waals surface area contributed by atoms with Gasteiger partial charge in [0.2, 0.25) is 0 Å². The Morgan fingerprint density at radius 1 is 1.39 bits per heavy atom. The monoisotopic (exact) mass is 256 g/mol. The number of likely N-dealkylation sites (N-methyl/N-ethyl adjacent to an activating group) is 1. The molecule has 0 aromatic rings. The molecule has 18 heavy (non-hydrogen) atoms. The van der Waals surface area contributed by atoms with E-state index in [0.29, 0.717) is 5.92 Å². The van der Waals surface area contributed by atoms with Crippen LogP contribution in [0.2, 0.25) is 0 Å². The third-order valence-corrected chi connectivity index (χ3v) is 3.96. The first-order valence-electron chi connectivity index (χ1n) is 6.98. The van der Waals surface area contributed by atoms with Crippen LogP contribution < -0.4 is 5.32 Å². The summed E-state index contributed by atoms with van der Waals surface area (Å²) in [6.07, 6.45) is 5.22. The molecule has 0 aliphatic heterocycles.